The van der Waals surface area contributed by atoms with Crippen LogP contribution in [0.1, 0.15) is 43.4 Å². The minimum atomic E-state index is 0.0280. The summed E-state index contributed by atoms with van der Waals surface area (Å²) in [7, 11) is 0. The zero-order chi connectivity index (χ0) is 14.3. The summed E-state index contributed by atoms with van der Waals surface area (Å²) in [6.45, 7) is 4.14. The first-order valence-corrected chi connectivity index (χ1v) is 7.69. The molecule has 5 atom stereocenters. The lowest BCUT2D eigenvalue weighted by Gasteiger charge is -2.28. The number of rotatable bonds is 3. The molecular formula is C17H24N2O. The Morgan fingerprint density at radius 3 is 2.65 bits per heavy atom. The maximum Gasteiger partial charge on any atom is 0.225 e. The van der Waals surface area contributed by atoms with Crippen LogP contribution in [0.5, 0.6) is 0 Å². The topological polar surface area (TPSA) is 55.1 Å². The molecule has 2 aliphatic rings. The Bertz CT molecular complexity index is 511. The lowest BCUT2D eigenvalue weighted by Crippen LogP contribution is -2.45. The normalized spacial score (nSPS) is 33.1. The molecule has 2 saturated carbocycles. The minimum absolute atomic E-state index is 0.0280. The van der Waals surface area contributed by atoms with Gasteiger partial charge in [0.2, 0.25) is 5.91 Å². The Labute approximate surface area is 120 Å². The van der Waals surface area contributed by atoms with Gasteiger partial charge in [-0.2, -0.15) is 0 Å². The fourth-order valence-corrected chi connectivity index (χ4v) is 4.18. The minimum Gasteiger partial charge on any atom is -0.349 e. The van der Waals surface area contributed by atoms with Crippen LogP contribution in [0.4, 0.5) is 0 Å². The van der Waals surface area contributed by atoms with Crippen LogP contribution in [0.2, 0.25) is 0 Å². The Morgan fingerprint density at radius 1 is 1.30 bits per heavy atom. The SMILES string of the molecule is Cc1ccccc1[C@@H](C)NC(=O)C1C2CCC(C2)C1N. The third-order valence-electron chi connectivity index (χ3n) is 5.30. The lowest BCUT2D eigenvalue weighted by atomic mass is 9.84. The molecule has 0 radical (unpaired) electrons. The van der Waals surface area contributed by atoms with Gasteiger partial charge in [0, 0.05) is 6.04 Å². The van der Waals surface area contributed by atoms with Gasteiger partial charge in [-0.05, 0) is 56.1 Å². The highest BCUT2D eigenvalue weighted by Crippen LogP contribution is 2.47. The molecule has 3 rings (SSSR count). The number of aryl methyl sites for hydroxylation is 1. The van der Waals surface area contributed by atoms with E-state index in [1.165, 1.54) is 24.0 Å². The van der Waals surface area contributed by atoms with Crippen LogP contribution in [0.25, 0.3) is 0 Å². The van der Waals surface area contributed by atoms with Crippen LogP contribution in [0.3, 0.4) is 0 Å². The molecule has 2 aliphatic carbocycles. The van der Waals surface area contributed by atoms with Crippen molar-refractivity contribution in [1.29, 1.82) is 0 Å². The van der Waals surface area contributed by atoms with Gasteiger partial charge in [-0.15, -0.1) is 0 Å². The monoisotopic (exact) mass is 272 g/mol. The molecule has 3 nitrogen and oxygen atoms in total. The maximum atomic E-state index is 12.5. The van der Waals surface area contributed by atoms with Crippen LogP contribution in [-0.2, 0) is 4.79 Å². The molecule has 108 valence electrons. The number of nitrogens with one attached hydrogen (secondary N) is 1. The molecule has 3 heteroatoms. The molecule has 0 aromatic heterocycles. The molecule has 4 unspecified atom stereocenters. The van der Waals surface area contributed by atoms with Crippen molar-refractivity contribution in [3.8, 4) is 0 Å². The summed E-state index contributed by atoms with van der Waals surface area (Å²) < 4.78 is 0. The summed E-state index contributed by atoms with van der Waals surface area (Å²) in [4.78, 5) is 12.5. The van der Waals surface area contributed by atoms with Gasteiger partial charge in [0.25, 0.3) is 0 Å². The van der Waals surface area contributed by atoms with E-state index in [0.29, 0.717) is 11.8 Å². The number of carbonyl (C=O) groups excluding carboxylic acids is 1. The predicted molar refractivity (Wildman–Crippen MR) is 80.0 cm³/mol. The van der Waals surface area contributed by atoms with E-state index >= 15 is 0 Å². The van der Waals surface area contributed by atoms with E-state index in [0.717, 1.165) is 6.42 Å². The molecule has 2 bridgehead atoms. The maximum absolute atomic E-state index is 12.5. The number of hydrogen-bond donors (Lipinski definition) is 2. The Hall–Kier alpha value is -1.35. The fraction of sp³-hybridized carbons (Fsp3) is 0.588. The van der Waals surface area contributed by atoms with E-state index in [-0.39, 0.29) is 23.9 Å². The molecule has 0 saturated heterocycles. The summed E-state index contributed by atoms with van der Waals surface area (Å²) in [5.41, 5.74) is 8.66. The van der Waals surface area contributed by atoms with Gasteiger partial charge in [-0.3, -0.25) is 4.79 Å². The smallest absolute Gasteiger partial charge is 0.225 e. The van der Waals surface area contributed by atoms with Crippen molar-refractivity contribution in [3.63, 3.8) is 0 Å². The van der Waals surface area contributed by atoms with E-state index in [2.05, 4.69) is 31.3 Å². The lowest BCUT2D eigenvalue weighted by molar-refractivity contribution is -0.127. The van der Waals surface area contributed by atoms with Crippen molar-refractivity contribution in [2.45, 2.75) is 45.2 Å². The van der Waals surface area contributed by atoms with Crippen LogP contribution in [-0.4, -0.2) is 11.9 Å². The van der Waals surface area contributed by atoms with Gasteiger partial charge < -0.3 is 11.1 Å². The first-order valence-electron chi connectivity index (χ1n) is 7.69. The van der Waals surface area contributed by atoms with Gasteiger partial charge in [0.1, 0.15) is 0 Å². The van der Waals surface area contributed by atoms with Gasteiger partial charge >= 0.3 is 0 Å². The number of benzene rings is 1. The van der Waals surface area contributed by atoms with E-state index in [4.69, 9.17) is 5.73 Å². The standard InChI is InChI=1S/C17H24N2O/c1-10-5-3-4-6-14(10)11(2)19-17(20)15-12-7-8-13(9-12)16(15)18/h3-6,11-13,15-16H,7-9,18H2,1-2H3,(H,19,20)/t11-,12?,13?,15?,16?/m1/s1. The van der Waals surface area contributed by atoms with E-state index in [9.17, 15) is 4.79 Å². The molecule has 0 heterocycles. The van der Waals surface area contributed by atoms with Gasteiger partial charge in [0.05, 0.1) is 12.0 Å². The van der Waals surface area contributed by atoms with Crippen LogP contribution >= 0.6 is 0 Å². The Morgan fingerprint density at radius 2 is 2.00 bits per heavy atom. The Balaban J connectivity index is 1.69. The molecule has 3 N–H and O–H groups in total. The van der Waals surface area contributed by atoms with Gasteiger partial charge in [-0.1, -0.05) is 24.3 Å². The molecule has 2 fully saturated rings. The van der Waals surface area contributed by atoms with E-state index < -0.39 is 0 Å². The number of amides is 1. The van der Waals surface area contributed by atoms with Crippen molar-refractivity contribution in [1.82, 2.24) is 5.32 Å². The molecule has 1 aromatic rings. The highest BCUT2D eigenvalue weighted by atomic mass is 16.2. The first-order chi connectivity index (χ1) is 9.58. The number of fused-ring (bicyclic) bond motifs is 2. The van der Waals surface area contributed by atoms with Gasteiger partial charge in [-0.25, -0.2) is 0 Å². The fourth-order valence-electron chi connectivity index (χ4n) is 4.18. The van der Waals surface area contributed by atoms with Crippen LogP contribution in [0, 0.1) is 24.7 Å². The van der Waals surface area contributed by atoms with Gasteiger partial charge in [0.15, 0.2) is 0 Å². The Kier molecular flexibility index (Phi) is 3.55. The van der Waals surface area contributed by atoms with Crippen LogP contribution in [0.15, 0.2) is 24.3 Å². The summed E-state index contributed by atoms with van der Waals surface area (Å²) in [5.74, 6) is 1.27. The second-order valence-corrected chi connectivity index (χ2v) is 6.52. The zero-order valence-electron chi connectivity index (χ0n) is 12.3. The highest BCUT2D eigenvalue weighted by molar-refractivity contribution is 5.81. The third-order valence-corrected chi connectivity index (χ3v) is 5.30. The zero-order valence-corrected chi connectivity index (χ0v) is 12.3. The van der Waals surface area contributed by atoms with E-state index in [1.54, 1.807) is 0 Å². The summed E-state index contributed by atoms with van der Waals surface area (Å²) in [5, 5.41) is 3.18. The quantitative estimate of drug-likeness (QED) is 0.888. The molecule has 1 amide bonds. The number of carbonyl (C=O) groups is 1. The van der Waals surface area contributed by atoms with Crippen molar-refractivity contribution < 1.29 is 4.79 Å². The average molecular weight is 272 g/mol. The molecular weight excluding hydrogens is 248 g/mol. The highest BCUT2D eigenvalue weighted by Gasteiger charge is 2.49. The van der Waals surface area contributed by atoms with Crippen molar-refractivity contribution >= 4 is 5.91 Å². The summed E-state index contributed by atoms with van der Waals surface area (Å²) in [6.07, 6.45) is 3.54. The second kappa shape index (κ2) is 5.21. The van der Waals surface area contributed by atoms with E-state index in [1.807, 2.05) is 12.1 Å². The predicted octanol–water partition coefficient (Wildman–Crippen LogP) is 2.55. The summed E-state index contributed by atoms with van der Waals surface area (Å²) >= 11 is 0. The second-order valence-electron chi connectivity index (χ2n) is 6.52. The van der Waals surface area contributed by atoms with Crippen LogP contribution < -0.4 is 11.1 Å². The molecule has 0 aliphatic heterocycles. The largest absolute Gasteiger partial charge is 0.349 e. The molecule has 0 spiro atoms. The van der Waals surface area contributed by atoms with Crippen molar-refractivity contribution in [2.75, 3.05) is 0 Å². The van der Waals surface area contributed by atoms with Crippen molar-refractivity contribution in [3.05, 3.63) is 35.4 Å². The molecule has 1 aromatic carbocycles. The van der Waals surface area contributed by atoms with Crippen molar-refractivity contribution in [2.24, 2.45) is 23.5 Å². The average Bonchev–Trinajstić information content (AvgIpc) is 2.99. The number of hydrogen-bond acceptors (Lipinski definition) is 2. The number of nitrogens with two attached hydrogens (primary N) is 1. The third kappa shape index (κ3) is 2.24. The first kappa shape index (κ1) is 13.6. The summed E-state index contributed by atoms with van der Waals surface area (Å²) in [6, 6.07) is 8.34. The molecule has 20 heavy (non-hydrogen) atoms.